The van der Waals surface area contributed by atoms with E-state index >= 15 is 0 Å². The van der Waals surface area contributed by atoms with Gasteiger partial charge in [-0.05, 0) is 18.4 Å². The summed E-state index contributed by atoms with van der Waals surface area (Å²) in [6.07, 6.45) is 0.963. The monoisotopic (exact) mass is 365 g/mol. The zero-order valence-corrected chi connectivity index (χ0v) is 15.7. The standard InChI is InChI=1S/C19H28FN3O3/c1-13(2)6-7-21-18(24)11-17-19(25)22-8-9-23(17)12-14-4-5-15(26-3)10-16(14)20/h4-5,10,13,17H,6-9,11-12H2,1-3H3,(H,21,24)(H,22,25)/t17-/m1/s1. The van der Waals surface area contributed by atoms with E-state index in [-0.39, 0.29) is 30.6 Å². The van der Waals surface area contributed by atoms with Crippen LogP contribution in [-0.2, 0) is 16.1 Å². The zero-order valence-electron chi connectivity index (χ0n) is 15.7. The topological polar surface area (TPSA) is 70.7 Å². The van der Waals surface area contributed by atoms with Gasteiger partial charge in [-0.25, -0.2) is 4.39 Å². The highest BCUT2D eigenvalue weighted by atomic mass is 19.1. The minimum Gasteiger partial charge on any atom is -0.497 e. The molecule has 1 fully saturated rings. The molecule has 1 heterocycles. The summed E-state index contributed by atoms with van der Waals surface area (Å²) < 4.78 is 19.2. The van der Waals surface area contributed by atoms with Crippen molar-refractivity contribution in [2.24, 2.45) is 5.92 Å². The van der Waals surface area contributed by atoms with Crippen LogP contribution in [0, 0.1) is 11.7 Å². The number of methoxy groups -OCH3 is 1. The second-order valence-electron chi connectivity index (χ2n) is 6.97. The van der Waals surface area contributed by atoms with Crippen molar-refractivity contribution in [3.63, 3.8) is 0 Å². The SMILES string of the molecule is COc1ccc(CN2CCNC(=O)[C@H]2CC(=O)NCCC(C)C)c(F)c1. The van der Waals surface area contributed by atoms with Crippen molar-refractivity contribution in [3.8, 4) is 5.75 Å². The van der Waals surface area contributed by atoms with E-state index in [2.05, 4.69) is 24.5 Å². The summed E-state index contributed by atoms with van der Waals surface area (Å²) in [6, 6.07) is 4.08. The molecule has 2 rings (SSSR count). The summed E-state index contributed by atoms with van der Waals surface area (Å²) >= 11 is 0. The normalized spacial score (nSPS) is 17.9. The molecular weight excluding hydrogens is 337 g/mol. The van der Waals surface area contributed by atoms with Gasteiger partial charge in [-0.3, -0.25) is 14.5 Å². The molecule has 6 nitrogen and oxygen atoms in total. The summed E-state index contributed by atoms with van der Waals surface area (Å²) in [5.74, 6) is 0.221. The number of carbonyl (C=O) groups excluding carboxylic acids is 2. The van der Waals surface area contributed by atoms with Crippen molar-refractivity contribution in [3.05, 3.63) is 29.6 Å². The molecule has 0 aliphatic carbocycles. The molecule has 2 amide bonds. The van der Waals surface area contributed by atoms with Crippen molar-refractivity contribution in [2.45, 2.75) is 39.3 Å². The fourth-order valence-corrected chi connectivity index (χ4v) is 2.92. The summed E-state index contributed by atoms with van der Waals surface area (Å²) in [5.41, 5.74) is 0.478. The van der Waals surface area contributed by atoms with Crippen LogP contribution in [-0.4, -0.2) is 49.5 Å². The Morgan fingerprint density at radius 1 is 1.46 bits per heavy atom. The lowest BCUT2D eigenvalue weighted by atomic mass is 10.1. The average molecular weight is 365 g/mol. The lowest BCUT2D eigenvalue weighted by molar-refractivity contribution is -0.134. The number of carbonyl (C=O) groups is 2. The van der Waals surface area contributed by atoms with Crippen molar-refractivity contribution < 1.29 is 18.7 Å². The molecule has 7 heteroatoms. The van der Waals surface area contributed by atoms with Gasteiger partial charge in [0.25, 0.3) is 0 Å². The molecule has 1 saturated heterocycles. The van der Waals surface area contributed by atoms with Crippen LogP contribution in [0.2, 0.25) is 0 Å². The van der Waals surface area contributed by atoms with Crippen LogP contribution in [0.5, 0.6) is 5.75 Å². The number of amides is 2. The molecule has 144 valence electrons. The third kappa shape index (κ3) is 5.69. The van der Waals surface area contributed by atoms with Crippen molar-refractivity contribution in [1.29, 1.82) is 0 Å². The fraction of sp³-hybridized carbons (Fsp3) is 0.579. The summed E-state index contributed by atoms with van der Waals surface area (Å²) in [6.45, 7) is 6.10. The predicted molar refractivity (Wildman–Crippen MR) is 97.2 cm³/mol. The Morgan fingerprint density at radius 2 is 2.23 bits per heavy atom. The van der Waals surface area contributed by atoms with Gasteiger partial charge in [0.1, 0.15) is 11.6 Å². The average Bonchev–Trinajstić information content (AvgIpc) is 2.59. The predicted octanol–water partition coefficient (Wildman–Crippen LogP) is 1.69. The first-order valence-electron chi connectivity index (χ1n) is 9.01. The molecule has 1 atom stereocenters. The van der Waals surface area contributed by atoms with Crippen molar-refractivity contribution in [1.82, 2.24) is 15.5 Å². The molecule has 0 radical (unpaired) electrons. The van der Waals surface area contributed by atoms with E-state index in [0.717, 1.165) is 6.42 Å². The maximum atomic E-state index is 14.2. The summed E-state index contributed by atoms with van der Waals surface area (Å²) in [5, 5.41) is 5.64. The molecule has 0 aromatic heterocycles. The maximum Gasteiger partial charge on any atom is 0.237 e. The van der Waals surface area contributed by atoms with Gasteiger partial charge < -0.3 is 15.4 Å². The van der Waals surface area contributed by atoms with Gasteiger partial charge in [-0.15, -0.1) is 0 Å². The first kappa shape index (κ1) is 20.2. The molecule has 1 aromatic rings. The molecule has 0 unspecified atom stereocenters. The van der Waals surface area contributed by atoms with Gasteiger partial charge >= 0.3 is 0 Å². The molecule has 1 aliphatic heterocycles. The maximum absolute atomic E-state index is 14.2. The van der Waals surface area contributed by atoms with E-state index in [1.807, 2.05) is 4.90 Å². The molecule has 0 saturated carbocycles. The smallest absolute Gasteiger partial charge is 0.237 e. The van der Waals surface area contributed by atoms with Gasteiger partial charge in [0.05, 0.1) is 19.6 Å². The van der Waals surface area contributed by atoms with Crippen LogP contribution in [0.25, 0.3) is 0 Å². The van der Waals surface area contributed by atoms with Gasteiger partial charge in [0.15, 0.2) is 0 Å². The van der Waals surface area contributed by atoms with Crippen molar-refractivity contribution >= 4 is 11.8 Å². The lowest BCUT2D eigenvalue weighted by Gasteiger charge is -2.34. The zero-order chi connectivity index (χ0) is 19.1. The minimum absolute atomic E-state index is 0.0711. The van der Waals surface area contributed by atoms with E-state index in [0.29, 0.717) is 36.9 Å². The largest absolute Gasteiger partial charge is 0.497 e. The Bertz CT molecular complexity index is 636. The van der Waals surface area contributed by atoms with E-state index in [9.17, 15) is 14.0 Å². The minimum atomic E-state index is -0.593. The summed E-state index contributed by atoms with van der Waals surface area (Å²) in [4.78, 5) is 26.3. The third-order valence-electron chi connectivity index (χ3n) is 4.50. The molecule has 0 bridgehead atoms. The second kappa shape index (κ2) is 9.52. The quantitative estimate of drug-likeness (QED) is 0.735. The first-order valence-corrected chi connectivity index (χ1v) is 9.01. The van der Waals surface area contributed by atoms with Crippen LogP contribution in [0.4, 0.5) is 4.39 Å². The van der Waals surface area contributed by atoms with Gasteiger partial charge in [0.2, 0.25) is 11.8 Å². The van der Waals surface area contributed by atoms with E-state index in [4.69, 9.17) is 4.74 Å². The number of nitrogens with one attached hydrogen (secondary N) is 2. The lowest BCUT2D eigenvalue weighted by Crippen LogP contribution is -2.56. The van der Waals surface area contributed by atoms with Gasteiger partial charge in [0, 0.05) is 37.8 Å². The van der Waals surface area contributed by atoms with Crippen LogP contribution in [0.15, 0.2) is 18.2 Å². The number of benzene rings is 1. The fourth-order valence-electron chi connectivity index (χ4n) is 2.92. The van der Waals surface area contributed by atoms with E-state index in [1.54, 1.807) is 12.1 Å². The molecule has 0 spiro atoms. The van der Waals surface area contributed by atoms with Crippen LogP contribution >= 0.6 is 0 Å². The number of hydrogen-bond donors (Lipinski definition) is 2. The molecular formula is C19H28FN3O3. The Hall–Kier alpha value is -2.15. The first-order chi connectivity index (χ1) is 12.4. The molecule has 2 N–H and O–H groups in total. The Morgan fingerprint density at radius 3 is 2.88 bits per heavy atom. The number of hydrogen-bond acceptors (Lipinski definition) is 4. The second-order valence-corrected chi connectivity index (χ2v) is 6.97. The molecule has 26 heavy (non-hydrogen) atoms. The van der Waals surface area contributed by atoms with E-state index < -0.39 is 6.04 Å². The highest BCUT2D eigenvalue weighted by molar-refractivity contribution is 5.88. The summed E-state index contributed by atoms with van der Waals surface area (Å²) in [7, 11) is 1.48. The van der Waals surface area contributed by atoms with Crippen molar-refractivity contribution in [2.75, 3.05) is 26.7 Å². The molecule has 1 aliphatic rings. The highest BCUT2D eigenvalue weighted by Crippen LogP contribution is 2.20. The van der Waals surface area contributed by atoms with Crippen LogP contribution in [0.1, 0.15) is 32.3 Å². The number of nitrogens with zero attached hydrogens (tertiary/aromatic N) is 1. The Kier molecular flexibility index (Phi) is 7.38. The van der Waals surface area contributed by atoms with Crippen LogP contribution in [0.3, 0.4) is 0 Å². The number of piperazine rings is 1. The number of halogens is 1. The third-order valence-corrected chi connectivity index (χ3v) is 4.50. The van der Waals surface area contributed by atoms with E-state index in [1.165, 1.54) is 13.2 Å². The van der Waals surface area contributed by atoms with Gasteiger partial charge in [-0.1, -0.05) is 19.9 Å². The van der Waals surface area contributed by atoms with Gasteiger partial charge in [-0.2, -0.15) is 0 Å². The Labute approximate surface area is 154 Å². The Balaban J connectivity index is 2.01. The number of rotatable bonds is 8. The highest BCUT2D eigenvalue weighted by Gasteiger charge is 2.32. The molecule has 1 aromatic carbocycles. The number of ether oxygens (including phenoxy) is 1. The van der Waals surface area contributed by atoms with Crippen LogP contribution < -0.4 is 15.4 Å².